The number of piperidine rings is 1. The third-order valence-corrected chi connectivity index (χ3v) is 6.00. The summed E-state index contributed by atoms with van der Waals surface area (Å²) < 4.78 is 0. The largest absolute Gasteiger partial charge is 0.356 e. The van der Waals surface area contributed by atoms with Crippen LogP contribution in [0.15, 0.2) is 4.99 Å². The van der Waals surface area contributed by atoms with Crippen molar-refractivity contribution in [1.29, 1.82) is 0 Å². The molecule has 4 heteroatoms. The molecule has 2 aliphatic heterocycles. The van der Waals surface area contributed by atoms with Gasteiger partial charge >= 0.3 is 0 Å². The summed E-state index contributed by atoms with van der Waals surface area (Å²) in [5.41, 5.74) is 0.630. The van der Waals surface area contributed by atoms with Crippen molar-refractivity contribution in [3.63, 3.8) is 0 Å². The van der Waals surface area contributed by atoms with Crippen molar-refractivity contribution in [2.24, 2.45) is 16.3 Å². The molecule has 3 aliphatic rings. The van der Waals surface area contributed by atoms with E-state index >= 15 is 0 Å². The minimum atomic E-state index is 0.630. The first-order valence-corrected chi connectivity index (χ1v) is 8.85. The summed E-state index contributed by atoms with van der Waals surface area (Å²) in [6, 6.07) is 0. The van der Waals surface area contributed by atoms with Gasteiger partial charge in [0.25, 0.3) is 0 Å². The van der Waals surface area contributed by atoms with Gasteiger partial charge in [0.15, 0.2) is 5.96 Å². The highest BCUT2D eigenvalue weighted by Gasteiger charge is 2.41. The van der Waals surface area contributed by atoms with E-state index in [1.54, 1.807) is 0 Å². The van der Waals surface area contributed by atoms with Crippen molar-refractivity contribution in [1.82, 2.24) is 15.1 Å². The molecule has 0 radical (unpaired) electrons. The topological polar surface area (TPSA) is 30.9 Å². The molecule has 3 rings (SSSR count). The second kappa shape index (κ2) is 6.55. The van der Waals surface area contributed by atoms with Gasteiger partial charge in [-0.1, -0.05) is 12.8 Å². The minimum Gasteiger partial charge on any atom is -0.356 e. The first-order chi connectivity index (χ1) is 10.2. The maximum Gasteiger partial charge on any atom is 0.193 e. The molecule has 0 aromatic rings. The van der Waals surface area contributed by atoms with Crippen LogP contribution in [0, 0.1) is 11.3 Å². The molecule has 0 unspecified atom stereocenters. The van der Waals surface area contributed by atoms with E-state index < -0.39 is 0 Å². The molecule has 0 amide bonds. The second-order valence-electron chi connectivity index (χ2n) is 7.55. The summed E-state index contributed by atoms with van der Waals surface area (Å²) in [5.74, 6) is 1.97. The summed E-state index contributed by atoms with van der Waals surface area (Å²) in [5, 5.41) is 3.66. The standard InChI is InChI=1S/C17H32N4/c1-18-16(19-13-15-5-10-20(2)11-6-15)21-12-9-17(14-21)7-3-4-8-17/h15H,3-14H2,1-2H3,(H,18,19). The molecule has 0 aromatic carbocycles. The van der Waals surface area contributed by atoms with Gasteiger partial charge in [0, 0.05) is 26.7 Å². The first-order valence-electron chi connectivity index (χ1n) is 8.85. The van der Waals surface area contributed by atoms with Gasteiger partial charge in [-0.15, -0.1) is 0 Å². The quantitative estimate of drug-likeness (QED) is 0.625. The number of aliphatic imine (C=N–C) groups is 1. The molecule has 3 fully saturated rings. The van der Waals surface area contributed by atoms with Gasteiger partial charge in [0.05, 0.1) is 0 Å². The first kappa shape index (κ1) is 15.1. The molecule has 2 heterocycles. The Morgan fingerprint density at radius 2 is 1.86 bits per heavy atom. The van der Waals surface area contributed by atoms with E-state index in [1.165, 1.54) is 71.1 Å². The predicted octanol–water partition coefficient (Wildman–Crippen LogP) is 2.17. The molecule has 120 valence electrons. The minimum absolute atomic E-state index is 0.630. The van der Waals surface area contributed by atoms with Gasteiger partial charge in [-0.05, 0) is 63.6 Å². The van der Waals surface area contributed by atoms with Crippen LogP contribution in [-0.4, -0.2) is 62.6 Å². The zero-order valence-corrected chi connectivity index (χ0v) is 13.9. The zero-order chi connectivity index (χ0) is 14.7. The highest BCUT2D eigenvalue weighted by Crippen LogP contribution is 2.45. The lowest BCUT2D eigenvalue weighted by molar-refractivity contribution is 0.219. The fourth-order valence-corrected chi connectivity index (χ4v) is 4.48. The number of guanidine groups is 1. The number of hydrogen-bond acceptors (Lipinski definition) is 2. The van der Waals surface area contributed by atoms with Crippen LogP contribution in [0.1, 0.15) is 44.9 Å². The summed E-state index contributed by atoms with van der Waals surface area (Å²) in [7, 11) is 4.17. The van der Waals surface area contributed by atoms with E-state index in [4.69, 9.17) is 0 Å². The lowest BCUT2D eigenvalue weighted by Gasteiger charge is -2.31. The van der Waals surface area contributed by atoms with E-state index in [0.717, 1.165) is 18.4 Å². The van der Waals surface area contributed by atoms with Crippen LogP contribution in [0.4, 0.5) is 0 Å². The Balaban J connectivity index is 1.47. The van der Waals surface area contributed by atoms with Crippen LogP contribution in [0.5, 0.6) is 0 Å². The van der Waals surface area contributed by atoms with E-state index in [9.17, 15) is 0 Å². The van der Waals surface area contributed by atoms with Gasteiger partial charge in [-0.25, -0.2) is 0 Å². The van der Waals surface area contributed by atoms with Gasteiger partial charge in [0.1, 0.15) is 0 Å². The van der Waals surface area contributed by atoms with Crippen LogP contribution in [0.3, 0.4) is 0 Å². The normalized spacial score (nSPS) is 27.7. The average Bonchev–Trinajstić information content (AvgIpc) is 3.13. The molecule has 21 heavy (non-hydrogen) atoms. The van der Waals surface area contributed by atoms with Crippen molar-refractivity contribution in [3.8, 4) is 0 Å². The maximum atomic E-state index is 4.55. The van der Waals surface area contributed by atoms with E-state index in [-0.39, 0.29) is 0 Å². The number of hydrogen-bond donors (Lipinski definition) is 1. The summed E-state index contributed by atoms with van der Waals surface area (Å²) in [4.78, 5) is 9.50. The lowest BCUT2D eigenvalue weighted by Crippen LogP contribution is -2.44. The Hall–Kier alpha value is -0.770. The molecule has 0 aromatic heterocycles. The number of rotatable bonds is 2. The number of nitrogens with zero attached hydrogens (tertiary/aromatic N) is 3. The van der Waals surface area contributed by atoms with Crippen molar-refractivity contribution in [2.75, 3.05) is 46.8 Å². The zero-order valence-electron chi connectivity index (χ0n) is 13.9. The van der Waals surface area contributed by atoms with Crippen molar-refractivity contribution in [3.05, 3.63) is 0 Å². The van der Waals surface area contributed by atoms with Gasteiger partial charge in [-0.2, -0.15) is 0 Å². The van der Waals surface area contributed by atoms with Crippen molar-refractivity contribution in [2.45, 2.75) is 44.9 Å². The van der Waals surface area contributed by atoms with Crippen LogP contribution < -0.4 is 5.32 Å². The molecular weight excluding hydrogens is 260 g/mol. The Labute approximate surface area is 130 Å². The third kappa shape index (κ3) is 3.53. The molecule has 1 aliphatic carbocycles. The summed E-state index contributed by atoms with van der Waals surface area (Å²) in [6.45, 7) is 6.03. The highest BCUT2D eigenvalue weighted by molar-refractivity contribution is 5.80. The Morgan fingerprint density at radius 3 is 2.52 bits per heavy atom. The Bertz CT molecular complexity index is 365. The average molecular weight is 292 g/mol. The SMILES string of the molecule is CN=C(NCC1CCN(C)CC1)N1CCC2(CCCC2)C1. The number of likely N-dealkylation sites (tertiary alicyclic amines) is 2. The van der Waals surface area contributed by atoms with E-state index in [0.29, 0.717) is 5.41 Å². The Morgan fingerprint density at radius 1 is 1.14 bits per heavy atom. The fraction of sp³-hybridized carbons (Fsp3) is 0.941. The lowest BCUT2D eigenvalue weighted by atomic mass is 9.86. The smallest absolute Gasteiger partial charge is 0.193 e. The molecule has 0 atom stereocenters. The Kier molecular flexibility index (Phi) is 4.72. The van der Waals surface area contributed by atoms with E-state index in [2.05, 4.69) is 27.2 Å². The fourth-order valence-electron chi connectivity index (χ4n) is 4.48. The molecule has 1 spiro atoms. The molecule has 1 N–H and O–H groups in total. The van der Waals surface area contributed by atoms with Gasteiger partial charge < -0.3 is 15.1 Å². The van der Waals surface area contributed by atoms with Crippen molar-refractivity contribution >= 4 is 5.96 Å². The monoisotopic (exact) mass is 292 g/mol. The van der Waals surface area contributed by atoms with Crippen LogP contribution in [0.2, 0.25) is 0 Å². The summed E-state index contributed by atoms with van der Waals surface area (Å²) in [6.07, 6.45) is 9.78. The molecule has 2 saturated heterocycles. The molecular formula is C17H32N4. The van der Waals surface area contributed by atoms with Crippen LogP contribution in [0.25, 0.3) is 0 Å². The number of nitrogens with one attached hydrogen (secondary N) is 1. The molecule has 1 saturated carbocycles. The molecule has 4 nitrogen and oxygen atoms in total. The molecule has 0 bridgehead atoms. The van der Waals surface area contributed by atoms with Gasteiger partial charge in [-0.3, -0.25) is 4.99 Å². The summed E-state index contributed by atoms with van der Waals surface area (Å²) >= 11 is 0. The maximum absolute atomic E-state index is 4.55. The van der Waals surface area contributed by atoms with Gasteiger partial charge in [0.2, 0.25) is 0 Å². The third-order valence-electron chi connectivity index (χ3n) is 6.00. The highest BCUT2D eigenvalue weighted by atomic mass is 15.3. The van der Waals surface area contributed by atoms with E-state index in [1.807, 2.05) is 7.05 Å². The predicted molar refractivity (Wildman–Crippen MR) is 88.7 cm³/mol. The van der Waals surface area contributed by atoms with Crippen LogP contribution >= 0.6 is 0 Å². The second-order valence-corrected chi connectivity index (χ2v) is 7.55. The van der Waals surface area contributed by atoms with Crippen molar-refractivity contribution < 1.29 is 0 Å². The van der Waals surface area contributed by atoms with Crippen LogP contribution in [-0.2, 0) is 0 Å².